The van der Waals surface area contributed by atoms with Gasteiger partial charge in [-0.2, -0.15) is 0 Å². The van der Waals surface area contributed by atoms with E-state index in [0.717, 1.165) is 19.4 Å². The van der Waals surface area contributed by atoms with Crippen molar-refractivity contribution in [2.24, 2.45) is 0 Å². The van der Waals surface area contributed by atoms with Crippen molar-refractivity contribution in [3.8, 4) is 0 Å². The zero-order chi connectivity index (χ0) is 12.0. The van der Waals surface area contributed by atoms with Crippen molar-refractivity contribution in [3.05, 3.63) is 0 Å². The predicted molar refractivity (Wildman–Crippen MR) is 68.4 cm³/mol. The lowest BCUT2D eigenvalue weighted by molar-refractivity contribution is 0.227. The first-order chi connectivity index (χ1) is 7.58. The van der Waals surface area contributed by atoms with Gasteiger partial charge in [0.1, 0.15) is 0 Å². The summed E-state index contributed by atoms with van der Waals surface area (Å²) >= 11 is 11.6. The van der Waals surface area contributed by atoms with Crippen LogP contribution in [0.5, 0.6) is 0 Å². The first-order valence-corrected chi connectivity index (χ1v) is 8.08. The average Bonchev–Trinajstić information content (AvgIpc) is 2.24. The second kappa shape index (κ2) is 7.20. The van der Waals surface area contributed by atoms with Crippen LogP contribution in [-0.2, 0) is 9.09 Å². The molecular weight excluding hydrogens is 270 g/mol. The Bertz CT molecular complexity index is 244. The van der Waals surface area contributed by atoms with Crippen LogP contribution in [0.3, 0.4) is 0 Å². The SMILES string of the molecule is CC(Cl)CN(CCCCl)P1(=O)NCCCO1. The van der Waals surface area contributed by atoms with Crippen molar-refractivity contribution >= 4 is 30.9 Å². The summed E-state index contributed by atoms with van der Waals surface area (Å²) in [5.74, 6) is 0.549. The molecule has 1 saturated heterocycles. The highest BCUT2D eigenvalue weighted by Gasteiger charge is 2.33. The van der Waals surface area contributed by atoms with Crippen LogP contribution in [-0.4, -0.2) is 42.2 Å². The fourth-order valence-corrected chi connectivity index (χ4v) is 4.09. The Morgan fingerprint density at radius 1 is 1.62 bits per heavy atom. The molecule has 4 nitrogen and oxygen atoms in total. The van der Waals surface area contributed by atoms with Crippen molar-refractivity contribution in [2.75, 3.05) is 32.1 Å². The minimum atomic E-state index is -2.87. The number of nitrogens with zero attached hydrogens (tertiary/aromatic N) is 1. The predicted octanol–water partition coefficient (Wildman–Crippen LogP) is 2.66. The summed E-state index contributed by atoms with van der Waals surface area (Å²) in [7, 11) is -2.87. The Hall–Kier alpha value is 0.690. The molecule has 2 unspecified atom stereocenters. The van der Waals surface area contributed by atoms with Gasteiger partial charge >= 0.3 is 7.67 Å². The van der Waals surface area contributed by atoms with Gasteiger partial charge in [-0.25, -0.2) is 9.76 Å². The van der Waals surface area contributed by atoms with Crippen LogP contribution in [0.4, 0.5) is 0 Å². The fourth-order valence-electron chi connectivity index (χ4n) is 1.57. The molecule has 1 N–H and O–H groups in total. The highest BCUT2D eigenvalue weighted by Crippen LogP contribution is 2.48. The summed E-state index contributed by atoms with van der Waals surface area (Å²) in [6.07, 6.45) is 1.67. The maximum absolute atomic E-state index is 12.5. The van der Waals surface area contributed by atoms with Crippen molar-refractivity contribution < 1.29 is 9.09 Å². The molecule has 1 fully saturated rings. The lowest BCUT2D eigenvalue weighted by atomic mass is 10.4. The number of alkyl halides is 2. The van der Waals surface area contributed by atoms with Gasteiger partial charge in [0.25, 0.3) is 0 Å². The number of hydrogen-bond acceptors (Lipinski definition) is 2. The van der Waals surface area contributed by atoms with Crippen molar-refractivity contribution in [2.45, 2.75) is 25.1 Å². The third-order valence-electron chi connectivity index (χ3n) is 2.28. The first-order valence-electron chi connectivity index (χ1n) is 5.53. The summed E-state index contributed by atoms with van der Waals surface area (Å²) in [6, 6.07) is 0. The van der Waals surface area contributed by atoms with Crippen molar-refractivity contribution in [3.63, 3.8) is 0 Å². The Morgan fingerprint density at radius 3 is 2.88 bits per heavy atom. The average molecular weight is 289 g/mol. The second-order valence-corrected chi connectivity index (χ2v) is 7.16. The third kappa shape index (κ3) is 4.52. The third-order valence-corrected chi connectivity index (χ3v) is 4.95. The van der Waals surface area contributed by atoms with E-state index in [0.29, 0.717) is 25.6 Å². The summed E-state index contributed by atoms with van der Waals surface area (Å²) in [6.45, 7) is 4.34. The van der Waals surface area contributed by atoms with Crippen LogP contribution in [0, 0.1) is 0 Å². The molecule has 0 bridgehead atoms. The minimum Gasteiger partial charge on any atom is -0.306 e. The quantitative estimate of drug-likeness (QED) is 0.603. The number of halogens is 2. The van der Waals surface area contributed by atoms with E-state index in [9.17, 15) is 4.57 Å². The van der Waals surface area contributed by atoms with Gasteiger partial charge in [-0.15, -0.1) is 23.2 Å². The Morgan fingerprint density at radius 2 is 2.38 bits per heavy atom. The molecule has 0 aromatic heterocycles. The van der Waals surface area contributed by atoms with E-state index < -0.39 is 7.67 Å². The van der Waals surface area contributed by atoms with Crippen molar-refractivity contribution in [1.29, 1.82) is 0 Å². The molecule has 0 spiro atoms. The summed E-state index contributed by atoms with van der Waals surface area (Å²) in [4.78, 5) is 0. The molecule has 96 valence electrons. The standard InChI is InChI=1S/C9H19Cl2N2O2P/c1-9(11)8-13(6-2-4-10)16(14)12-5-3-7-15-16/h9H,2-8H2,1H3,(H,12,14). The zero-order valence-electron chi connectivity index (χ0n) is 9.49. The van der Waals surface area contributed by atoms with Gasteiger partial charge < -0.3 is 4.52 Å². The van der Waals surface area contributed by atoms with Crippen LogP contribution in [0.15, 0.2) is 0 Å². The van der Waals surface area contributed by atoms with Crippen molar-refractivity contribution in [1.82, 2.24) is 9.76 Å². The van der Waals surface area contributed by atoms with Gasteiger partial charge in [0.2, 0.25) is 0 Å². The van der Waals surface area contributed by atoms with Gasteiger partial charge in [0.15, 0.2) is 0 Å². The van der Waals surface area contributed by atoms with E-state index >= 15 is 0 Å². The topological polar surface area (TPSA) is 41.6 Å². The van der Waals surface area contributed by atoms with Gasteiger partial charge in [-0.1, -0.05) is 0 Å². The molecular formula is C9H19Cl2N2O2P. The fraction of sp³-hybridized carbons (Fsp3) is 1.00. The molecule has 16 heavy (non-hydrogen) atoms. The second-order valence-electron chi connectivity index (χ2n) is 3.85. The lowest BCUT2D eigenvalue weighted by Gasteiger charge is -2.34. The molecule has 0 saturated carbocycles. The molecule has 1 heterocycles. The normalized spacial score (nSPS) is 28.2. The highest BCUT2D eigenvalue weighted by molar-refractivity contribution is 7.54. The Labute approximate surface area is 107 Å². The van der Waals surface area contributed by atoms with E-state index in [1.165, 1.54) is 0 Å². The molecule has 0 amide bonds. The molecule has 1 aliphatic rings. The van der Waals surface area contributed by atoms with Gasteiger partial charge in [0.05, 0.1) is 6.61 Å². The summed E-state index contributed by atoms with van der Waals surface area (Å²) in [5, 5.41) is 2.91. The molecule has 1 aliphatic heterocycles. The Kier molecular flexibility index (Phi) is 6.63. The molecule has 2 atom stereocenters. The van der Waals surface area contributed by atoms with Gasteiger partial charge in [-0.3, -0.25) is 4.57 Å². The van der Waals surface area contributed by atoms with E-state index in [1.807, 2.05) is 6.92 Å². The van der Waals surface area contributed by atoms with Crippen LogP contribution in [0.2, 0.25) is 0 Å². The molecule has 7 heteroatoms. The summed E-state index contributed by atoms with van der Waals surface area (Å²) < 4.78 is 19.7. The molecule has 0 radical (unpaired) electrons. The molecule has 0 aliphatic carbocycles. The van der Waals surface area contributed by atoms with Crippen LogP contribution >= 0.6 is 30.9 Å². The smallest absolute Gasteiger partial charge is 0.306 e. The number of rotatable bonds is 6. The maximum atomic E-state index is 12.5. The highest BCUT2D eigenvalue weighted by atomic mass is 35.5. The van der Waals surface area contributed by atoms with Crippen LogP contribution < -0.4 is 5.09 Å². The van der Waals surface area contributed by atoms with E-state index in [-0.39, 0.29) is 5.38 Å². The first kappa shape index (κ1) is 14.7. The van der Waals surface area contributed by atoms with E-state index in [1.54, 1.807) is 4.67 Å². The van der Waals surface area contributed by atoms with Gasteiger partial charge in [-0.05, 0) is 19.8 Å². The maximum Gasteiger partial charge on any atom is 0.343 e. The molecule has 1 rings (SSSR count). The molecule has 0 aromatic rings. The summed E-state index contributed by atoms with van der Waals surface area (Å²) in [5.41, 5.74) is 0. The van der Waals surface area contributed by atoms with E-state index in [2.05, 4.69) is 5.09 Å². The monoisotopic (exact) mass is 288 g/mol. The van der Waals surface area contributed by atoms with Crippen LogP contribution in [0.1, 0.15) is 19.8 Å². The van der Waals surface area contributed by atoms with Gasteiger partial charge in [0, 0.05) is 30.9 Å². The molecule has 0 aromatic carbocycles. The van der Waals surface area contributed by atoms with E-state index in [4.69, 9.17) is 27.7 Å². The van der Waals surface area contributed by atoms with Crippen LogP contribution in [0.25, 0.3) is 0 Å². The Balaban J connectivity index is 2.61. The largest absolute Gasteiger partial charge is 0.343 e. The zero-order valence-corrected chi connectivity index (χ0v) is 11.9. The lowest BCUT2D eigenvalue weighted by Crippen LogP contribution is -2.37. The minimum absolute atomic E-state index is 0.0616. The number of hydrogen-bond donors (Lipinski definition) is 1. The number of nitrogens with one attached hydrogen (secondary N) is 1.